The van der Waals surface area contributed by atoms with E-state index in [2.05, 4.69) is 16.4 Å². The highest BCUT2D eigenvalue weighted by atomic mass is 35.5. The van der Waals surface area contributed by atoms with Crippen LogP contribution in [0.25, 0.3) is 0 Å². The number of benzene rings is 1. The number of carbonyl (C=O) groups excluding carboxylic acids is 2. The molecule has 0 aliphatic rings. The molecule has 0 saturated heterocycles. The highest BCUT2D eigenvalue weighted by molar-refractivity contribution is 6.30. The number of ketones is 1. The van der Waals surface area contributed by atoms with Gasteiger partial charge < -0.3 is 10.4 Å². The first-order valence-corrected chi connectivity index (χ1v) is 9.20. The number of carbonyl (C=O) groups is 2. The van der Waals surface area contributed by atoms with Crippen molar-refractivity contribution in [3.05, 3.63) is 58.4 Å². The summed E-state index contributed by atoms with van der Waals surface area (Å²) in [6.45, 7) is 5.34. The van der Waals surface area contributed by atoms with Crippen LogP contribution >= 0.6 is 11.6 Å². The van der Waals surface area contributed by atoms with Gasteiger partial charge in [0.05, 0.1) is 6.07 Å². The number of Topliss-reactive ketones (excluding diaryl/α,β-unsaturated/α-hetero) is 1. The van der Waals surface area contributed by atoms with Gasteiger partial charge in [0.1, 0.15) is 22.8 Å². The molecule has 0 spiro atoms. The fourth-order valence-electron chi connectivity index (χ4n) is 2.51. The van der Waals surface area contributed by atoms with Gasteiger partial charge in [-0.3, -0.25) is 14.6 Å². The van der Waals surface area contributed by atoms with Gasteiger partial charge in [0.2, 0.25) is 0 Å². The molecule has 1 amide bonds. The molecule has 0 aliphatic carbocycles. The minimum atomic E-state index is -1.02. The standard InChI is InChI=1S/C21H22ClN3O3/c1-13(2)21(3,12-23)25-20(28)18-9-14(6-7-24-18)8-17(26)11-15-10-16(22)4-5-19(15)27/h4-7,9-10,13,27H,8,11H2,1-3H3,(H,25,28). The van der Waals surface area contributed by atoms with Gasteiger partial charge in [0.15, 0.2) is 0 Å². The Hall–Kier alpha value is -2.91. The van der Waals surface area contributed by atoms with Crippen LogP contribution in [-0.2, 0) is 17.6 Å². The van der Waals surface area contributed by atoms with Gasteiger partial charge in [-0.15, -0.1) is 0 Å². The first-order chi connectivity index (χ1) is 13.1. The van der Waals surface area contributed by atoms with E-state index in [1.54, 1.807) is 25.1 Å². The Kier molecular flexibility index (Phi) is 6.76. The Balaban J connectivity index is 2.10. The van der Waals surface area contributed by atoms with Gasteiger partial charge in [-0.1, -0.05) is 25.4 Å². The molecule has 0 saturated carbocycles. The lowest BCUT2D eigenvalue weighted by atomic mass is 9.90. The molecule has 6 nitrogen and oxygen atoms in total. The van der Waals surface area contributed by atoms with E-state index in [0.717, 1.165) is 0 Å². The highest BCUT2D eigenvalue weighted by Gasteiger charge is 2.30. The predicted octanol–water partition coefficient (Wildman–Crippen LogP) is 3.46. The zero-order valence-electron chi connectivity index (χ0n) is 16.0. The van der Waals surface area contributed by atoms with E-state index in [1.165, 1.54) is 18.3 Å². The van der Waals surface area contributed by atoms with Gasteiger partial charge >= 0.3 is 0 Å². The molecular formula is C21H22ClN3O3. The molecule has 2 rings (SSSR count). The molecule has 2 N–H and O–H groups in total. The van der Waals surface area contributed by atoms with Crippen molar-refractivity contribution in [3.63, 3.8) is 0 Å². The van der Waals surface area contributed by atoms with E-state index in [9.17, 15) is 20.0 Å². The molecule has 7 heteroatoms. The first kappa shape index (κ1) is 21.4. The van der Waals surface area contributed by atoms with Crippen LogP contribution in [-0.4, -0.2) is 27.3 Å². The average molecular weight is 400 g/mol. The molecule has 1 aromatic carbocycles. The lowest BCUT2D eigenvalue weighted by Crippen LogP contribution is -2.49. The zero-order valence-corrected chi connectivity index (χ0v) is 16.7. The predicted molar refractivity (Wildman–Crippen MR) is 106 cm³/mol. The molecule has 1 aromatic heterocycles. The molecule has 146 valence electrons. The lowest BCUT2D eigenvalue weighted by molar-refractivity contribution is -0.117. The van der Waals surface area contributed by atoms with Crippen LogP contribution in [0.15, 0.2) is 36.5 Å². The molecule has 0 radical (unpaired) electrons. The Labute approximate surface area is 169 Å². The third-order valence-corrected chi connectivity index (χ3v) is 4.88. The quantitative estimate of drug-likeness (QED) is 0.742. The summed E-state index contributed by atoms with van der Waals surface area (Å²) in [7, 11) is 0. The minimum Gasteiger partial charge on any atom is -0.508 e. The monoisotopic (exact) mass is 399 g/mol. The SMILES string of the molecule is CC(C)C(C)(C#N)NC(=O)c1cc(CC(=O)Cc2cc(Cl)ccc2O)ccn1. The third kappa shape index (κ3) is 5.30. The van der Waals surface area contributed by atoms with Crippen LogP contribution in [0, 0.1) is 17.2 Å². The van der Waals surface area contributed by atoms with Crippen molar-refractivity contribution < 1.29 is 14.7 Å². The molecule has 2 aromatic rings. The van der Waals surface area contributed by atoms with Gasteiger partial charge in [-0.25, -0.2) is 0 Å². The van der Waals surface area contributed by atoms with Crippen LogP contribution in [0.2, 0.25) is 5.02 Å². The minimum absolute atomic E-state index is 0.0111. The second-order valence-corrected chi connectivity index (χ2v) is 7.57. The average Bonchev–Trinajstić information content (AvgIpc) is 2.64. The number of aromatic hydroxyl groups is 1. The molecule has 1 unspecified atom stereocenters. The van der Waals surface area contributed by atoms with E-state index < -0.39 is 11.4 Å². The second kappa shape index (κ2) is 8.85. The first-order valence-electron chi connectivity index (χ1n) is 8.82. The summed E-state index contributed by atoms with van der Waals surface area (Å²) in [5, 5.41) is 22.3. The van der Waals surface area contributed by atoms with Crippen LogP contribution in [0.1, 0.15) is 42.4 Å². The molecule has 1 heterocycles. The number of aromatic nitrogens is 1. The summed E-state index contributed by atoms with van der Waals surface area (Å²) < 4.78 is 0. The lowest BCUT2D eigenvalue weighted by Gasteiger charge is -2.27. The van der Waals surface area contributed by atoms with E-state index in [4.69, 9.17) is 11.6 Å². The number of nitrogens with zero attached hydrogens (tertiary/aromatic N) is 2. The molecule has 0 fully saturated rings. The number of halogens is 1. The van der Waals surface area contributed by atoms with Crippen LogP contribution in [0.5, 0.6) is 5.75 Å². The van der Waals surface area contributed by atoms with Crippen molar-refractivity contribution in [2.45, 2.75) is 39.2 Å². The summed E-state index contributed by atoms with van der Waals surface area (Å²) >= 11 is 5.90. The fraction of sp³-hybridized carbons (Fsp3) is 0.333. The van der Waals surface area contributed by atoms with E-state index >= 15 is 0 Å². The maximum atomic E-state index is 12.5. The van der Waals surface area contributed by atoms with Crippen molar-refractivity contribution in [2.24, 2.45) is 5.92 Å². The molecular weight excluding hydrogens is 378 g/mol. The van der Waals surface area contributed by atoms with Crippen molar-refractivity contribution >= 4 is 23.3 Å². The molecule has 1 atom stereocenters. The topological polar surface area (TPSA) is 103 Å². The Morgan fingerprint density at radius 1 is 1.29 bits per heavy atom. The summed E-state index contributed by atoms with van der Waals surface area (Å²) in [6, 6.07) is 9.84. The Morgan fingerprint density at radius 3 is 2.64 bits per heavy atom. The summed E-state index contributed by atoms with van der Waals surface area (Å²) in [5.74, 6) is -0.688. The zero-order chi connectivity index (χ0) is 20.9. The van der Waals surface area contributed by atoms with Crippen molar-refractivity contribution in [3.8, 4) is 11.8 Å². The molecule has 0 bridgehead atoms. The van der Waals surface area contributed by atoms with Gasteiger partial charge in [0, 0.05) is 29.6 Å². The van der Waals surface area contributed by atoms with Crippen LogP contribution in [0.4, 0.5) is 0 Å². The number of nitriles is 1. The smallest absolute Gasteiger partial charge is 0.271 e. The van der Waals surface area contributed by atoms with E-state index in [-0.39, 0.29) is 36.0 Å². The maximum Gasteiger partial charge on any atom is 0.271 e. The molecule has 0 aliphatic heterocycles. The number of phenols is 1. The second-order valence-electron chi connectivity index (χ2n) is 7.14. The van der Waals surface area contributed by atoms with Gasteiger partial charge in [0.25, 0.3) is 5.91 Å². The number of amides is 1. The number of hydrogen-bond donors (Lipinski definition) is 2. The third-order valence-electron chi connectivity index (χ3n) is 4.65. The van der Waals surface area contributed by atoms with Crippen LogP contribution < -0.4 is 5.32 Å². The van der Waals surface area contributed by atoms with E-state index in [0.29, 0.717) is 16.1 Å². The number of phenolic OH excluding ortho intramolecular Hbond substituents is 1. The number of pyridine rings is 1. The Morgan fingerprint density at radius 2 is 2.00 bits per heavy atom. The maximum absolute atomic E-state index is 12.5. The summed E-state index contributed by atoms with van der Waals surface area (Å²) in [6.07, 6.45) is 1.55. The van der Waals surface area contributed by atoms with Crippen molar-refractivity contribution in [2.75, 3.05) is 0 Å². The number of hydrogen-bond acceptors (Lipinski definition) is 5. The normalized spacial score (nSPS) is 12.9. The Bertz CT molecular complexity index is 937. The van der Waals surface area contributed by atoms with Crippen LogP contribution in [0.3, 0.4) is 0 Å². The summed E-state index contributed by atoms with van der Waals surface area (Å²) in [5.41, 5.74) is 0.188. The highest BCUT2D eigenvalue weighted by Crippen LogP contribution is 2.22. The fourth-order valence-corrected chi connectivity index (χ4v) is 2.70. The van der Waals surface area contributed by atoms with Gasteiger partial charge in [-0.05, 0) is 48.7 Å². The molecule has 28 heavy (non-hydrogen) atoms. The van der Waals surface area contributed by atoms with Crippen molar-refractivity contribution in [1.29, 1.82) is 5.26 Å². The largest absolute Gasteiger partial charge is 0.508 e. The summed E-state index contributed by atoms with van der Waals surface area (Å²) in [4.78, 5) is 28.9. The van der Waals surface area contributed by atoms with Gasteiger partial charge in [-0.2, -0.15) is 5.26 Å². The number of rotatable bonds is 7. The number of nitrogens with one attached hydrogen (secondary N) is 1. The van der Waals surface area contributed by atoms with E-state index in [1.807, 2.05) is 13.8 Å². The van der Waals surface area contributed by atoms with Crippen molar-refractivity contribution in [1.82, 2.24) is 10.3 Å².